The lowest BCUT2D eigenvalue weighted by atomic mass is 9.93. The third-order valence-electron chi connectivity index (χ3n) is 13.4. The molecule has 4 heterocycles. The number of aliphatic hydroxyl groups excluding tert-OH is 1. The first-order chi connectivity index (χ1) is 33.7. The second-order valence-corrected chi connectivity index (χ2v) is 18.1. The van der Waals surface area contributed by atoms with Gasteiger partial charge >= 0.3 is 0 Å². The van der Waals surface area contributed by atoms with Crippen molar-refractivity contribution in [3.63, 3.8) is 0 Å². The van der Waals surface area contributed by atoms with Gasteiger partial charge in [-0.1, -0.05) is 90.7 Å². The van der Waals surface area contributed by atoms with Crippen LogP contribution < -0.4 is 21.4 Å². The van der Waals surface area contributed by atoms with Crippen molar-refractivity contribution < 1.29 is 29.1 Å². The van der Waals surface area contributed by atoms with Gasteiger partial charge in [-0.05, 0) is 98.7 Å². The van der Waals surface area contributed by atoms with Gasteiger partial charge in [0.15, 0.2) is 0 Å². The molecule has 1 atom stereocenters. The Hall–Kier alpha value is -7.63. The van der Waals surface area contributed by atoms with Crippen molar-refractivity contribution in [2.45, 2.75) is 102 Å². The number of hydrogen-bond acceptors (Lipinski definition) is 9. The Kier molecular flexibility index (Phi) is 14.2. The van der Waals surface area contributed by atoms with Gasteiger partial charge < -0.3 is 24.9 Å². The molecular formula is C55H56N8O6. The first kappa shape index (κ1) is 46.5. The van der Waals surface area contributed by atoms with Crippen LogP contribution in [0.5, 0.6) is 0 Å². The molecule has 2 aromatic heterocycles. The van der Waals surface area contributed by atoms with Crippen LogP contribution in [0.1, 0.15) is 115 Å². The van der Waals surface area contributed by atoms with Crippen LogP contribution in [0.4, 0.5) is 5.69 Å². The van der Waals surface area contributed by atoms with E-state index in [1.165, 1.54) is 0 Å². The lowest BCUT2D eigenvalue weighted by molar-refractivity contribution is -0.136. The topological polar surface area (TPSA) is 192 Å². The average Bonchev–Trinajstić information content (AvgIpc) is 3.82. The molecule has 352 valence electrons. The normalized spacial score (nSPS) is 17.9. The van der Waals surface area contributed by atoms with E-state index in [0.29, 0.717) is 69.3 Å². The molecule has 5 amide bonds. The predicted octanol–water partition coefficient (Wildman–Crippen LogP) is 7.50. The predicted molar refractivity (Wildman–Crippen MR) is 263 cm³/mol. The van der Waals surface area contributed by atoms with E-state index in [2.05, 4.69) is 68.8 Å². The molecule has 1 saturated carbocycles. The highest BCUT2D eigenvalue weighted by molar-refractivity contribution is 6.25. The molecule has 9 rings (SSSR count). The van der Waals surface area contributed by atoms with Gasteiger partial charge in [0.05, 0.1) is 34.6 Å². The number of fused-ring (bicyclic) bond motifs is 2. The SMILES string of the molecule is N=c1c2c(-c3ccccc3)c(-c3ccccc3)n(Cc3cccc(C#CCCCCNC(=O)CCCCNc4cccc5c4C(=O)N(C4CCC(=O)NC4=O)C5=O)c3)c2ncn1C1CCC(O)CC1. The van der Waals surface area contributed by atoms with Crippen LogP contribution in [0, 0.1) is 17.3 Å². The van der Waals surface area contributed by atoms with Gasteiger partial charge in [0.1, 0.15) is 17.2 Å². The van der Waals surface area contributed by atoms with E-state index >= 15 is 0 Å². The zero-order chi connectivity index (χ0) is 47.9. The van der Waals surface area contributed by atoms with Gasteiger partial charge in [0, 0.05) is 61.8 Å². The van der Waals surface area contributed by atoms with E-state index in [0.717, 1.165) is 75.1 Å². The molecule has 14 heteroatoms. The molecule has 5 N–H and O–H groups in total. The van der Waals surface area contributed by atoms with E-state index in [-0.39, 0.29) is 42.0 Å². The molecule has 0 radical (unpaired) electrons. The first-order valence-corrected chi connectivity index (χ1v) is 24.1. The van der Waals surface area contributed by atoms with Crippen molar-refractivity contribution in [1.82, 2.24) is 29.7 Å². The van der Waals surface area contributed by atoms with Crippen LogP contribution in [0.3, 0.4) is 0 Å². The van der Waals surface area contributed by atoms with Crippen molar-refractivity contribution in [1.29, 1.82) is 5.41 Å². The molecule has 3 aliphatic rings. The molecule has 69 heavy (non-hydrogen) atoms. The summed E-state index contributed by atoms with van der Waals surface area (Å²) in [6.45, 7) is 1.56. The Bertz CT molecular complexity index is 3030. The number of aliphatic hydroxyl groups is 1. The van der Waals surface area contributed by atoms with Crippen LogP contribution >= 0.6 is 0 Å². The van der Waals surface area contributed by atoms with Gasteiger partial charge in [-0.2, -0.15) is 0 Å². The zero-order valence-corrected chi connectivity index (χ0v) is 38.5. The van der Waals surface area contributed by atoms with Crippen molar-refractivity contribution in [3.05, 3.63) is 137 Å². The number of imide groups is 2. The Morgan fingerprint density at radius 3 is 2.30 bits per heavy atom. The number of unbranched alkanes of at least 4 members (excludes halogenated alkanes) is 3. The molecular weight excluding hydrogens is 869 g/mol. The third-order valence-corrected chi connectivity index (χ3v) is 13.4. The molecule has 14 nitrogen and oxygen atoms in total. The summed E-state index contributed by atoms with van der Waals surface area (Å²) in [6, 6.07) is 32.9. The quantitative estimate of drug-likeness (QED) is 0.0375. The van der Waals surface area contributed by atoms with Gasteiger partial charge in [-0.3, -0.25) is 39.6 Å². The summed E-state index contributed by atoms with van der Waals surface area (Å²) in [5.74, 6) is 4.46. The Balaban J connectivity index is 0.777. The van der Waals surface area contributed by atoms with Gasteiger partial charge in [0.25, 0.3) is 11.8 Å². The number of benzene rings is 4. The summed E-state index contributed by atoms with van der Waals surface area (Å²) in [7, 11) is 0. The summed E-state index contributed by atoms with van der Waals surface area (Å²) in [4.78, 5) is 69.2. The Morgan fingerprint density at radius 2 is 1.54 bits per heavy atom. The number of nitrogens with zero attached hydrogens (tertiary/aromatic N) is 4. The van der Waals surface area contributed by atoms with Crippen LogP contribution in [-0.4, -0.2) is 78.9 Å². The molecule has 0 spiro atoms. The minimum atomic E-state index is -1.03. The molecule has 1 unspecified atom stereocenters. The van der Waals surface area contributed by atoms with E-state index in [1.807, 2.05) is 59.4 Å². The Morgan fingerprint density at radius 1 is 0.797 bits per heavy atom. The van der Waals surface area contributed by atoms with E-state index in [4.69, 9.17) is 4.98 Å². The highest BCUT2D eigenvalue weighted by Crippen LogP contribution is 2.40. The molecule has 1 aliphatic carbocycles. The first-order valence-electron chi connectivity index (χ1n) is 24.1. The maximum atomic E-state index is 13.3. The van der Waals surface area contributed by atoms with E-state index in [9.17, 15) is 34.5 Å². The van der Waals surface area contributed by atoms with Crippen LogP contribution in [0.15, 0.2) is 109 Å². The number of anilines is 1. The summed E-state index contributed by atoms with van der Waals surface area (Å²) >= 11 is 0. The fraction of sp³-hybridized carbons (Fsp3) is 0.327. The van der Waals surface area contributed by atoms with E-state index < -0.39 is 29.7 Å². The highest BCUT2D eigenvalue weighted by atomic mass is 16.3. The van der Waals surface area contributed by atoms with Gasteiger partial charge in [-0.25, -0.2) is 4.98 Å². The van der Waals surface area contributed by atoms with Gasteiger partial charge in [-0.15, -0.1) is 0 Å². The number of amides is 5. The lowest BCUT2D eigenvalue weighted by Gasteiger charge is -2.27. The fourth-order valence-electron chi connectivity index (χ4n) is 9.86. The monoisotopic (exact) mass is 924 g/mol. The minimum absolute atomic E-state index is 0.0285. The zero-order valence-electron chi connectivity index (χ0n) is 38.5. The fourth-order valence-corrected chi connectivity index (χ4v) is 9.86. The standard InChI is InChI=1S/C55H56N8O6/c56-51-49-47(38-18-6-3-7-19-38)50(39-20-8-4-9-21-39)61(52(49)59-35-62(51)40-25-27-41(64)28-26-40)34-37-17-13-16-36(33-37)15-5-1-2-11-32-58-45(65)24-10-12-31-57-43-23-14-22-42-48(43)55(69)63(54(42)68)44-29-30-46(66)60-53(44)67/h3-4,6-9,13-14,16-23,33,35,40-41,44,56-57,64H,1-2,10-12,24-32,34H2,(H,58,65)(H,60,66,67). The summed E-state index contributed by atoms with van der Waals surface area (Å²) in [6.07, 6.45) is 8.68. The summed E-state index contributed by atoms with van der Waals surface area (Å²) in [5, 5.41) is 29.2. The number of piperidine rings is 1. The third kappa shape index (κ3) is 10.1. The number of rotatable bonds is 16. The maximum Gasteiger partial charge on any atom is 0.264 e. The average molecular weight is 925 g/mol. The van der Waals surface area contributed by atoms with Crippen molar-refractivity contribution in [3.8, 4) is 34.2 Å². The van der Waals surface area contributed by atoms with Crippen LogP contribution in [0.2, 0.25) is 0 Å². The highest BCUT2D eigenvalue weighted by Gasteiger charge is 2.45. The number of aromatic nitrogens is 3. The molecule has 4 aromatic carbocycles. The van der Waals surface area contributed by atoms with Crippen molar-refractivity contribution in [2.24, 2.45) is 0 Å². The summed E-state index contributed by atoms with van der Waals surface area (Å²) < 4.78 is 4.24. The Labute approximate surface area is 400 Å². The smallest absolute Gasteiger partial charge is 0.264 e. The molecule has 1 saturated heterocycles. The minimum Gasteiger partial charge on any atom is -0.393 e. The maximum absolute atomic E-state index is 13.3. The molecule has 6 aromatic rings. The van der Waals surface area contributed by atoms with Crippen molar-refractivity contribution in [2.75, 3.05) is 18.4 Å². The number of hydrogen-bond donors (Lipinski definition) is 5. The largest absolute Gasteiger partial charge is 0.393 e. The number of nitrogens with one attached hydrogen (secondary N) is 4. The molecule has 2 fully saturated rings. The van der Waals surface area contributed by atoms with Crippen LogP contribution in [0.25, 0.3) is 33.4 Å². The molecule has 0 bridgehead atoms. The van der Waals surface area contributed by atoms with E-state index in [1.54, 1.807) is 18.2 Å². The van der Waals surface area contributed by atoms with Crippen LogP contribution in [-0.2, 0) is 20.9 Å². The lowest BCUT2D eigenvalue weighted by Crippen LogP contribution is -2.54. The molecule has 2 aliphatic heterocycles. The van der Waals surface area contributed by atoms with Gasteiger partial charge in [0.2, 0.25) is 17.7 Å². The second kappa shape index (κ2) is 21.1. The summed E-state index contributed by atoms with van der Waals surface area (Å²) in [5.41, 5.74) is 8.12. The second-order valence-electron chi connectivity index (χ2n) is 18.1. The number of carbonyl (C=O) groups excluding carboxylic acids is 5. The number of carbonyl (C=O) groups is 5. The van der Waals surface area contributed by atoms with Crippen molar-refractivity contribution >= 4 is 46.3 Å².